The summed E-state index contributed by atoms with van der Waals surface area (Å²) in [5, 5.41) is 0. The van der Waals surface area contributed by atoms with Gasteiger partial charge in [-0.3, -0.25) is 4.79 Å². The number of fused-ring (bicyclic) bond motifs is 2. The van der Waals surface area contributed by atoms with Crippen molar-refractivity contribution in [2.45, 2.75) is 4.90 Å². The van der Waals surface area contributed by atoms with Crippen LogP contribution >= 0.6 is 11.8 Å². The first kappa shape index (κ1) is 16.0. The lowest BCUT2D eigenvalue weighted by Gasteiger charge is -2.21. The van der Waals surface area contributed by atoms with E-state index in [0.29, 0.717) is 47.4 Å². The number of thioether (sulfide) groups is 1. The van der Waals surface area contributed by atoms with Gasteiger partial charge in [-0.15, -0.1) is 11.8 Å². The summed E-state index contributed by atoms with van der Waals surface area (Å²) in [5.74, 6) is 1.71. The predicted octanol–water partition coefficient (Wildman–Crippen LogP) is 3.98. The van der Waals surface area contributed by atoms with E-state index in [4.69, 9.17) is 14.2 Å². The van der Waals surface area contributed by atoms with E-state index < -0.39 is 5.82 Å². The Bertz CT molecular complexity index is 874. The van der Waals surface area contributed by atoms with Gasteiger partial charge in [0.05, 0.1) is 7.11 Å². The van der Waals surface area contributed by atoms with E-state index in [1.165, 1.54) is 23.9 Å². The van der Waals surface area contributed by atoms with Gasteiger partial charge in [0.2, 0.25) is 5.75 Å². The van der Waals surface area contributed by atoms with Gasteiger partial charge in [-0.25, -0.2) is 4.39 Å². The fourth-order valence-corrected chi connectivity index (χ4v) is 3.88. The highest BCUT2D eigenvalue weighted by atomic mass is 32.2. The second-order valence-corrected chi connectivity index (χ2v) is 6.69. The maximum Gasteiger partial charge on any atom is 0.203 e. The molecule has 4 rings (SSSR count). The average molecular weight is 358 g/mol. The van der Waals surface area contributed by atoms with E-state index in [1.807, 2.05) is 6.07 Å². The lowest BCUT2D eigenvalue weighted by molar-refractivity contribution is 0.103. The summed E-state index contributed by atoms with van der Waals surface area (Å²) in [6.07, 6.45) is 1.80. The topological polar surface area (TPSA) is 44.8 Å². The number of carbonyl (C=O) groups excluding carboxylic acids is 1. The van der Waals surface area contributed by atoms with Crippen LogP contribution in [-0.2, 0) is 0 Å². The number of hydrogen-bond donors (Lipinski definition) is 0. The number of ether oxygens (including phenoxy) is 3. The lowest BCUT2D eigenvalue weighted by atomic mass is 10.0. The zero-order valence-corrected chi connectivity index (χ0v) is 14.3. The fraction of sp³-hybridized carbons (Fsp3) is 0.211. The van der Waals surface area contributed by atoms with Crippen LogP contribution in [0, 0.1) is 5.82 Å². The summed E-state index contributed by atoms with van der Waals surface area (Å²) < 4.78 is 30.1. The summed E-state index contributed by atoms with van der Waals surface area (Å²) in [6, 6.07) is 7.95. The summed E-state index contributed by atoms with van der Waals surface area (Å²) >= 11 is 1.52. The van der Waals surface area contributed by atoms with Crippen molar-refractivity contribution in [1.82, 2.24) is 0 Å². The number of halogens is 1. The van der Waals surface area contributed by atoms with Crippen LogP contribution in [0.2, 0.25) is 0 Å². The molecule has 2 aliphatic rings. The molecule has 2 aromatic carbocycles. The molecule has 128 valence electrons. The summed E-state index contributed by atoms with van der Waals surface area (Å²) in [4.78, 5) is 13.5. The molecule has 0 N–H and O–H groups in total. The Morgan fingerprint density at radius 1 is 1.20 bits per heavy atom. The highest BCUT2D eigenvalue weighted by molar-refractivity contribution is 7.99. The maximum atomic E-state index is 13.5. The van der Waals surface area contributed by atoms with E-state index in [9.17, 15) is 9.18 Å². The lowest BCUT2D eigenvalue weighted by Crippen LogP contribution is -2.16. The second kappa shape index (κ2) is 6.44. The van der Waals surface area contributed by atoms with Crippen molar-refractivity contribution in [2.75, 3.05) is 26.1 Å². The zero-order valence-electron chi connectivity index (χ0n) is 13.5. The van der Waals surface area contributed by atoms with E-state index in [2.05, 4.69) is 0 Å². The van der Waals surface area contributed by atoms with Gasteiger partial charge in [0.15, 0.2) is 17.3 Å². The molecule has 0 radical (unpaired) electrons. The zero-order chi connectivity index (χ0) is 17.4. The van der Waals surface area contributed by atoms with Crippen LogP contribution in [0.15, 0.2) is 40.8 Å². The standard InChI is InChI=1S/C19H15FO4S/c1-22-15-7-11(8-16-19(15)24-5-4-23-16)6-12-10-25-17-3-2-13(20)9-14(17)18(12)21/h2-3,6-9H,4-5,10H2,1H3/b12-6+. The quantitative estimate of drug-likeness (QED) is 0.760. The Balaban J connectivity index is 1.73. The molecule has 0 saturated carbocycles. The monoisotopic (exact) mass is 358 g/mol. The van der Waals surface area contributed by atoms with Crippen molar-refractivity contribution >= 4 is 23.6 Å². The second-order valence-electron chi connectivity index (χ2n) is 5.68. The number of Topliss-reactive ketones (excluding diaryl/α,β-unsaturated/α-hetero) is 1. The van der Waals surface area contributed by atoms with Crippen LogP contribution in [0.3, 0.4) is 0 Å². The Hall–Kier alpha value is -2.47. The Kier molecular flexibility index (Phi) is 4.13. The molecule has 25 heavy (non-hydrogen) atoms. The molecule has 0 amide bonds. The van der Waals surface area contributed by atoms with Gasteiger partial charge >= 0.3 is 0 Å². The van der Waals surface area contributed by atoms with Gasteiger partial charge in [-0.1, -0.05) is 0 Å². The van der Waals surface area contributed by atoms with Gasteiger partial charge in [0.1, 0.15) is 19.0 Å². The number of hydrogen-bond acceptors (Lipinski definition) is 5. The van der Waals surface area contributed by atoms with E-state index in [1.54, 1.807) is 25.3 Å². The molecule has 0 fully saturated rings. The van der Waals surface area contributed by atoms with Gasteiger partial charge in [0, 0.05) is 21.8 Å². The van der Waals surface area contributed by atoms with Crippen LogP contribution < -0.4 is 14.2 Å². The van der Waals surface area contributed by atoms with Crippen molar-refractivity contribution in [3.8, 4) is 17.2 Å². The van der Waals surface area contributed by atoms with E-state index in [-0.39, 0.29) is 5.78 Å². The molecule has 0 aliphatic carbocycles. The SMILES string of the molecule is COc1cc(/C=C2\CSc3ccc(F)cc3C2=O)cc2c1OCCO2. The highest BCUT2D eigenvalue weighted by Gasteiger charge is 2.24. The first-order valence-electron chi connectivity index (χ1n) is 7.81. The minimum atomic E-state index is -0.407. The minimum absolute atomic E-state index is 0.151. The van der Waals surface area contributed by atoms with Gasteiger partial charge in [-0.05, 0) is 42.0 Å². The molecule has 0 bridgehead atoms. The molecular formula is C19H15FO4S. The first-order valence-corrected chi connectivity index (χ1v) is 8.79. The average Bonchev–Trinajstić information content (AvgIpc) is 2.64. The summed E-state index contributed by atoms with van der Waals surface area (Å²) in [6.45, 7) is 0.943. The molecule has 2 aliphatic heterocycles. The predicted molar refractivity (Wildman–Crippen MR) is 93.4 cm³/mol. The summed E-state index contributed by atoms with van der Waals surface area (Å²) in [5.41, 5.74) is 1.80. The Labute approximate surface area is 148 Å². The van der Waals surface area contributed by atoms with Crippen LogP contribution in [0.1, 0.15) is 15.9 Å². The third-order valence-corrected chi connectivity index (χ3v) is 5.17. The van der Waals surface area contributed by atoms with Gasteiger partial charge in [-0.2, -0.15) is 0 Å². The molecule has 4 nitrogen and oxygen atoms in total. The van der Waals surface area contributed by atoms with Crippen LogP contribution in [0.5, 0.6) is 17.2 Å². The third kappa shape index (κ3) is 2.98. The number of rotatable bonds is 2. The van der Waals surface area contributed by atoms with E-state index in [0.717, 1.165) is 10.5 Å². The highest BCUT2D eigenvalue weighted by Crippen LogP contribution is 2.41. The number of ketones is 1. The smallest absolute Gasteiger partial charge is 0.203 e. The van der Waals surface area contributed by atoms with Gasteiger partial charge < -0.3 is 14.2 Å². The first-order chi connectivity index (χ1) is 12.2. The number of methoxy groups -OCH3 is 1. The van der Waals surface area contributed by atoms with Gasteiger partial charge in [0.25, 0.3) is 0 Å². The molecule has 2 aromatic rings. The van der Waals surface area contributed by atoms with E-state index >= 15 is 0 Å². The largest absolute Gasteiger partial charge is 0.493 e. The molecule has 0 atom stereocenters. The van der Waals surface area contributed by atoms with Crippen molar-refractivity contribution in [3.63, 3.8) is 0 Å². The molecule has 0 unspecified atom stereocenters. The molecular weight excluding hydrogens is 343 g/mol. The van der Waals surface area contributed by atoms with Crippen molar-refractivity contribution in [3.05, 3.63) is 52.8 Å². The Morgan fingerprint density at radius 2 is 2.04 bits per heavy atom. The normalized spacial score (nSPS) is 17.4. The molecule has 6 heteroatoms. The maximum absolute atomic E-state index is 13.5. The minimum Gasteiger partial charge on any atom is -0.493 e. The molecule has 2 heterocycles. The number of carbonyl (C=O) groups is 1. The fourth-order valence-electron chi connectivity index (χ4n) is 2.88. The third-order valence-electron chi connectivity index (χ3n) is 4.05. The van der Waals surface area contributed by atoms with Crippen molar-refractivity contribution < 1.29 is 23.4 Å². The molecule has 0 aromatic heterocycles. The molecule has 0 spiro atoms. The molecule has 0 saturated heterocycles. The van der Waals surface area contributed by atoms with Crippen molar-refractivity contribution in [1.29, 1.82) is 0 Å². The van der Waals surface area contributed by atoms with Crippen molar-refractivity contribution in [2.24, 2.45) is 0 Å². The number of benzene rings is 2. The van der Waals surface area contributed by atoms with Crippen LogP contribution in [0.4, 0.5) is 4.39 Å². The van der Waals surface area contributed by atoms with Crippen LogP contribution in [0.25, 0.3) is 6.08 Å². The van der Waals surface area contributed by atoms with Crippen LogP contribution in [-0.4, -0.2) is 31.9 Å². The summed E-state index contributed by atoms with van der Waals surface area (Å²) in [7, 11) is 1.56. The Morgan fingerprint density at radius 3 is 2.88 bits per heavy atom.